The molecule has 3 rings (SSSR count). The zero-order valence-electron chi connectivity index (χ0n) is 14.1. The summed E-state index contributed by atoms with van der Waals surface area (Å²) >= 11 is 1.40. The third-order valence-corrected chi connectivity index (χ3v) is 6.25. The number of nitrogens with one attached hydrogen (secondary N) is 1. The molecule has 1 heterocycles. The number of fused-ring (bicyclic) bond motifs is 1. The number of allylic oxidation sites excluding steroid dienone is 2. The van der Waals surface area contributed by atoms with Gasteiger partial charge in [0, 0.05) is 4.88 Å². The molecule has 0 saturated heterocycles. The first-order chi connectivity index (χ1) is 11.9. The number of nitrogens with two attached hydrogens (primary N) is 1. The van der Waals surface area contributed by atoms with E-state index in [1.807, 2.05) is 6.08 Å². The van der Waals surface area contributed by atoms with E-state index in [9.17, 15) is 19.5 Å². The van der Waals surface area contributed by atoms with Crippen molar-refractivity contribution in [1.29, 1.82) is 0 Å². The predicted molar refractivity (Wildman–Crippen MR) is 95.6 cm³/mol. The van der Waals surface area contributed by atoms with Crippen molar-refractivity contribution in [3.05, 3.63) is 28.2 Å². The van der Waals surface area contributed by atoms with Crippen molar-refractivity contribution in [2.45, 2.75) is 39.0 Å². The molecule has 0 radical (unpaired) electrons. The molecule has 134 valence electrons. The zero-order chi connectivity index (χ0) is 18.1. The Bertz CT molecular complexity index is 753. The van der Waals surface area contributed by atoms with E-state index in [1.165, 1.54) is 11.3 Å². The van der Waals surface area contributed by atoms with Gasteiger partial charge in [0.1, 0.15) is 5.00 Å². The van der Waals surface area contributed by atoms with Crippen LogP contribution < -0.4 is 11.1 Å². The van der Waals surface area contributed by atoms with E-state index < -0.39 is 23.7 Å². The Hall–Kier alpha value is -2.15. The van der Waals surface area contributed by atoms with Crippen molar-refractivity contribution in [2.24, 2.45) is 23.5 Å². The molecule has 0 bridgehead atoms. The first-order valence-electron chi connectivity index (χ1n) is 8.51. The van der Waals surface area contributed by atoms with Crippen molar-refractivity contribution in [3.8, 4) is 0 Å². The summed E-state index contributed by atoms with van der Waals surface area (Å²) in [4.78, 5) is 37.1. The van der Waals surface area contributed by atoms with Crippen LogP contribution in [0.3, 0.4) is 0 Å². The fourth-order valence-corrected chi connectivity index (χ4v) is 5.10. The van der Waals surface area contributed by atoms with Gasteiger partial charge in [-0.3, -0.25) is 14.4 Å². The van der Waals surface area contributed by atoms with Gasteiger partial charge >= 0.3 is 5.97 Å². The number of thiophene rings is 1. The molecule has 0 saturated carbocycles. The van der Waals surface area contributed by atoms with Crippen LogP contribution in [0.2, 0.25) is 0 Å². The number of hydrogen-bond donors (Lipinski definition) is 3. The van der Waals surface area contributed by atoms with E-state index in [0.29, 0.717) is 29.3 Å². The number of hydrogen-bond acceptors (Lipinski definition) is 4. The van der Waals surface area contributed by atoms with E-state index >= 15 is 0 Å². The van der Waals surface area contributed by atoms with Crippen LogP contribution in [0.15, 0.2) is 12.2 Å². The third kappa shape index (κ3) is 3.46. The standard InChI is InChI=1S/C18H22N2O4S/c1-9-6-7-12-13(8-9)25-17(14(12)15(19)21)20-16(22)10-4-2-3-5-11(10)18(23)24/h2-3,9-11H,4-8H2,1H3,(H2,19,21)(H,20,22)(H,23,24). The summed E-state index contributed by atoms with van der Waals surface area (Å²) in [7, 11) is 0. The van der Waals surface area contributed by atoms with E-state index in [-0.39, 0.29) is 5.91 Å². The lowest BCUT2D eigenvalue weighted by molar-refractivity contribution is -0.146. The molecular weight excluding hydrogens is 340 g/mol. The Morgan fingerprint density at radius 2 is 1.92 bits per heavy atom. The number of carbonyl (C=O) groups is 3. The second kappa shape index (κ2) is 7.00. The summed E-state index contributed by atoms with van der Waals surface area (Å²) in [5, 5.41) is 12.6. The smallest absolute Gasteiger partial charge is 0.307 e. The number of carbonyl (C=O) groups excluding carboxylic acids is 2. The van der Waals surface area contributed by atoms with Crippen LogP contribution in [0.25, 0.3) is 0 Å². The minimum Gasteiger partial charge on any atom is -0.481 e. The van der Waals surface area contributed by atoms with Gasteiger partial charge in [0.25, 0.3) is 5.91 Å². The average molecular weight is 362 g/mol. The first-order valence-corrected chi connectivity index (χ1v) is 9.33. The Morgan fingerprint density at radius 3 is 2.56 bits per heavy atom. The fraction of sp³-hybridized carbons (Fsp3) is 0.500. The van der Waals surface area contributed by atoms with Gasteiger partial charge in [-0.25, -0.2) is 0 Å². The molecule has 0 aromatic carbocycles. The topological polar surface area (TPSA) is 109 Å². The highest BCUT2D eigenvalue weighted by atomic mass is 32.1. The van der Waals surface area contributed by atoms with Crippen LogP contribution in [-0.2, 0) is 22.4 Å². The third-order valence-electron chi connectivity index (χ3n) is 5.08. The monoisotopic (exact) mass is 362 g/mol. The molecule has 2 aliphatic rings. The molecule has 7 heteroatoms. The Balaban J connectivity index is 1.87. The zero-order valence-corrected chi connectivity index (χ0v) is 14.9. The van der Waals surface area contributed by atoms with Crippen LogP contribution >= 0.6 is 11.3 Å². The van der Waals surface area contributed by atoms with Crippen LogP contribution in [0.4, 0.5) is 5.00 Å². The van der Waals surface area contributed by atoms with Gasteiger partial charge in [-0.2, -0.15) is 0 Å². The predicted octanol–water partition coefficient (Wildman–Crippen LogP) is 2.58. The van der Waals surface area contributed by atoms with Crippen LogP contribution in [-0.4, -0.2) is 22.9 Å². The summed E-state index contributed by atoms with van der Waals surface area (Å²) in [6.45, 7) is 2.16. The van der Waals surface area contributed by atoms with Gasteiger partial charge in [0.15, 0.2) is 0 Å². The number of aliphatic carboxylic acids is 1. The van der Waals surface area contributed by atoms with Crippen molar-refractivity contribution >= 4 is 34.1 Å². The number of anilines is 1. The maximum Gasteiger partial charge on any atom is 0.307 e. The van der Waals surface area contributed by atoms with Gasteiger partial charge in [-0.1, -0.05) is 19.1 Å². The molecule has 1 aromatic rings. The lowest BCUT2D eigenvalue weighted by atomic mass is 9.82. The minimum atomic E-state index is -0.973. The molecule has 1 aromatic heterocycles. The van der Waals surface area contributed by atoms with Crippen molar-refractivity contribution in [3.63, 3.8) is 0 Å². The lowest BCUT2D eigenvalue weighted by Gasteiger charge is -2.24. The van der Waals surface area contributed by atoms with Crippen LogP contribution in [0, 0.1) is 17.8 Å². The molecule has 4 N–H and O–H groups in total. The number of amides is 2. The molecule has 0 spiro atoms. The van der Waals surface area contributed by atoms with Gasteiger partial charge in [0.2, 0.25) is 5.91 Å². The lowest BCUT2D eigenvalue weighted by Crippen LogP contribution is -2.35. The molecule has 2 aliphatic carbocycles. The maximum absolute atomic E-state index is 12.7. The Morgan fingerprint density at radius 1 is 1.24 bits per heavy atom. The fourth-order valence-electron chi connectivity index (χ4n) is 3.68. The van der Waals surface area contributed by atoms with Crippen molar-refractivity contribution in [2.75, 3.05) is 5.32 Å². The Labute approximate surface area is 150 Å². The molecule has 0 fully saturated rings. The first kappa shape index (κ1) is 17.7. The highest BCUT2D eigenvalue weighted by Gasteiger charge is 2.35. The summed E-state index contributed by atoms with van der Waals surface area (Å²) in [5.41, 5.74) is 6.91. The van der Waals surface area contributed by atoms with Crippen molar-refractivity contribution < 1.29 is 19.5 Å². The summed E-state index contributed by atoms with van der Waals surface area (Å²) in [6.07, 6.45) is 7.00. The van der Waals surface area contributed by atoms with E-state index in [1.54, 1.807) is 6.08 Å². The molecular formula is C18H22N2O4S. The van der Waals surface area contributed by atoms with E-state index in [2.05, 4.69) is 12.2 Å². The summed E-state index contributed by atoms with van der Waals surface area (Å²) in [6, 6.07) is 0. The Kier molecular flexibility index (Phi) is 4.94. The molecule has 3 atom stereocenters. The van der Waals surface area contributed by atoms with E-state index in [0.717, 1.165) is 29.7 Å². The summed E-state index contributed by atoms with van der Waals surface area (Å²) in [5.74, 6) is -2.71. The number of carboxylic acid groups (broad SMARTS) is 1. The van der Waals surface area contributed by atoms with Crippen molar-refractivity contribution in [1.82, 2.24) is 0 Å². The largest absolute Gasteiger partial charge is 0.481 e. The number of primary amides is 1. The van der Waals surface area contributed by atoms with Gasteiger partial charge in [0.05, 0.1) is 17.4 Å². The molecule has 25 heavy (non-hydrogen) atoms. The minimum absolute atomic E-state index is 0.342. The highest BCUT2D eigenvalue weighted by Crippen LogP contribution is 2.40. The molecule has 6 nitrogen and oxygen atoms in total. The summed E-state index contributed by atoms with van der Waals surface area (Å²) < 4.78 is 0. The number of carboxylic acids is 1. The average Bonchev–Trinajstić information content (AvgIpc) is 2.91. The second-order valence-corrected chi connectivity index (χ2v) is 8.01. The molecule has 0 aliphatic heterocycles. The van der Waals surface area contributed by atoms with Crippen LogP contribution in [0.1, 0.15) is 47.0 Å². The normalized spacial score (nSPS) is 25.2. The van der Waals surface area contributed by atoms with Gasteiger partial charge in [-0.15, -0.1) is 11.3 Å². The molecule has 3 unspecified atom stereocenters. The highest BCUT2D eigenvalue weighted by molar-refractivity contribution is 7.17. The maximum atomic E-state index is 12.7. The SMILES string of the molecule is CC1CCc2c(sc(NC(=O)C3CC=CCC3C(=O)O)c2C(N)=O)C1. The number of rotatable bonds is 4. The molecule has 2 amide bonds. The van der Waals surface area contributed by atoms with Gasteiger partial charge in [-0.05, 0) is 43.6 Å². The van der Waals surface area contributed by atoms with Gasteiger partial charge < -0.3 is 16.2 Å². The second-order valence-electron chi connectivity index (χ2n) is 6.90. The quantitative estimate of drug-likeness (QED) is 0.715. The van der Waals surface area contributed by atoms with E-state index in [4.69, 9.17) is 5.73 Å². The van der Waals surface area contributed by atoms with Crippen LogP contribution in [0.5, 0.6) is 0 Å².